The summed E-state index contributed by atoms with van der Waals surface area (Å²) < 4.78 is 5.56. The van der Waals surface area contributed by atoms with Crippen molar-refractivity contribution in [3.63, 3.8) is 0 Å². The number of aryl methyl sites for hydroxylation is 2. The number of carbonyl (C=O) groups excluding carboxylic acids is 3. The Balaban J connectivity index is 1.41. The second-order valence-corrected chi connectivity index (χ2v) is 10.2. The van der Waals surface area contributed by atoms with Gasteiger partial charge in [-0.1, -0.05) is 12.1 Å². The molecule has 0 spiro atoms. The molecule has 0 radical (unpaired) electrons. The highest BCUT2D eigenvalue weighted by Crippen LogP contribution is 2.37. The molecule has 0 aliphatic carbocycles. The van der Waals surface area contributed by atoms with Crippen LogP contribution in [0.1, 0.15) is 46.2 Å². The van der Waals surface area contributed by atoms with E-state index in [1.165, 1.54) is 5.01 Å². The van der Waals surface area contributed by atoms with E-state index >= 15 is 0 Å². The maximum absolute atomic E-state index is 13.4. The number of furan rings is 1. The standard InChI is InChI=1S/C23H22N4O4S2/c1-13-10-15(14(2)31-13)23(3)21(29)26(22(30)24-23)12-20(28)27-17(19-7-5-9-33-19)11-16(25-27)18-6-4-8-32-18/h4-10,17H,11-12H2,1-3H3,(H,24,30). The topological polar surface area (TPSA) is 95.2 Å². The summed E-state index contributed by atoms with van der Waals surface area (Å²) in [4.78, 5) is 42.4. The Hall–Kier alpha value is -3.24. The molecule has 10 heteroatoms. The van der Waals surface area contributed by atoms with E-state index in [1.807, 2.05) is 35.0 Å². The normalized spacial score (nSPS) is 22.8. The first-order valence-corrected chi connectivity index (χ1v) is 12.2. The van der Waals surface area contributed by atoms with Crippen molar-refractivity contribution < 1.29 is 18.8 Å². The number of nitrogens with zero attached hydrogens (tertiary/aromatic N) is 3. The molecular formula is C23H22N4O4S2. The number of imide groups is 1. The summed E-state index contributed by atoms with van der Waals surface area (Å²) in [5.41, 5.74) is 0.121. The SMILES string of the molecule is Cc1cc(C2(C)NC(=O)N(CC(=O)N3N=C(c4cccs4)CC3c3cccs3)C2=O)c(C)o1. The van der Waals surface area contributed by atoms with Crippen molar-refractivity contribution in [2.45, 2.75) is 38.8 Å². The number of carbonyl (C=O) groups is 3. The summed E-state index contributed by atoms with van der Waals surface area (Å²) in [6.07, 6.45) is 0.581. The molecule has 1 N–H and O–H groups in total. The highest BCUT2D eigenvalue weighted by Gasteiger charge is 2.51. The minimum Gasteiger partial charge on any atom is -0.466 e. The van der Waals surface area contributed by atoms with Gasteiger partial charge in [0.1, 0.15) is 23.6 Å². The molecule has 3 aromatic rings. The second kappa shape index (κ2) is 7.96. The van der Waals surface area contributed by atoms with Crippen molar-refractivity contribution in [2.24, 2.45) is 5.10 Å². The van der Waals surface area contributed by atoms with E-state index in [1.54, 1.807) is 49.5 Å². The Kier molecular flexibility index (Phi) is 5.21. The molecule has 2 aliphatic heterocycles. The molecule has 2 unspecified atom stereocenters. The zero-order valence-electron chi connectivity index (χ0n) is 18.3. The summed E-state index contributed by atoms with van der Waals surface area (Å²) in [6.45, 7) is 4.77. The van der Waals surface area contributed by atoms with Crippen LogP contribution in [0.5, 0.6) is 0 Å². The van der Waals surface area contributed by atoms with Crippen LogP contribution in [0.25, 0.3) is 0 Å². The van der Waals surface area contributed by atoms with E-state index in [0.717, 1.165) is 20.4 Å². The van der Waals surface area contributed by atoms with Gasteiger partial charge in [0.05, 0.1) is 16.6 Å². The van der Waals surface area contributed by atoms with Gasteiger partial charge in [-0.25, -0.2) is 9.80 Å². The van der Waals surface area contributed by atoms with Gasteiger partial charge in [-0.3, -0.25) is 14.5 Å². The fraction of sp³-hybridized carbons (Fsp3) is 0.304. The molecule has 33 heavy (non-hydrogen) atoms. The Labute approximate surface area is 198 Å². The number of rotatable bonds is 5. The van der Waals surface area contributed by atoms with Crippen LogP contribution in [0.4, 0.5) is 4.79 Å². The van der Waals surface area contributed by atoms with Crippen molar-refractivity contribution in [1.82, 2.24) is 15.2 Å². The average Bonchev–Trinajstić information content (AvgIpc) is 3.57. The third-order valence-corrected chi connectivity index (χ3v) is 7.88. The van der Waals surface area contributed by atoms with Gasteiger partial charge in [0.15, 0.2) is 0 Å². The molecular weight excluding hydrogens is 460 g/mol. The first-order chi connectivity index (χ1) is 15.8. The molecule has 1 fully saturated rings. The van der Waals surface area contributed by atoms with Gasteiger partial charge in [-0.2, -0.15) is 5.10 Å². The highest BCUT2D eigenvalue weighted by molar-refractivity contribution is 7.12. The minimum absolute atomic E-state index is 0.263. The molecule has 1 saturated heterocycles. The molecule has 4 amide bonds. The number of hydrazone groups is 1. The predicted octanol–water partition coefficient (Wildman–Crippen LogP) is 4.16. The molecule has 8 nitrogen and oxygen atoms in total. The number of hydrogen-bond donors (Lipinski definition) is 1. The molecule has 2 aliphatic rings. The van der Waals surface area contributed by atoms with E-state index in [4.69, 9.17) is 4.42 Å². The molecule has 5 rings (SSSR count). The number of hydrogen-bond acceptors (Lipinski definition) is 7. The number of urea groups is 1. The van der Waals surface area contributed by atoms with Gasteiger partial charge in [-0.05, 0) is 49.7 Å². The average molecular weight is 483 g/mol. The lowest BCUT2D eigenvalue weighted by Crippen LogP contribution is -2.43. The third kappa shape index (κ3) is 3.59. The zero-order valence-corrected chi connectivity index (χ0v) is 20.0. The van der Waals surface area contributed by atoms with Crippen LogP contribution in [0.15, 0.2) is 50.6 Å². The van der Waals surface area contributed by atoms with Crippen LogP contribution in [-0.2, 0) is 15.1 Å². The monoisotopic (exact) mass is 482 g/mol. The van der Waals surface area contributed by atoms with Crippen molar-refractivity contribution in [3.05, 3.63) is 67.9 Å². The summed E-state index contributed by atoms with van der Waals surface area (Å²) in [5.74, 6) is 0.304. The van der Waals surface area contributed by atoms with Crippen LogP contribution < -0.4 is 5.32 Å². The van der Waals surface area contributed by atoms with Crippen molar-refractivity contribution in [3.8, 4) is 0 Å². The van der Waals surface area contributed by atoms with Gasteiger partial charge >= 0.3 is 6.03 Å². The molecule has 170 valence electrons. The largest absolute Gasteiger partial charge is 0.466 e. The lowest BCUT2D eigenvalue weighted by atomic mass is 9.92. The maximum Gasteiger partial charge on any atom is 0.325 e. The fourth-order valence-electron chi connectivity index (χ4n) is 4.39. The van der Waals surface area contributed by atoms with Gasteiger partial charge in [0.25, 0.3) is 11.8 Å². The maximum atomic E-state index is 13.4. The smallest absolute Gasteiger partial charge is 0.325 e. The predicted molar refractivity (Wildman–Crippen MR) is 125 cm³/mol. The van der Waals surface area contributed by atoms with Crippen molar-refractivity contribution in [1.29, 1.82) is 0 Å². The summed E-state index contributed by atoms with van der Waals surface area (Å²) in [6, 6.07) is 8.69. The summed E-state index contributed by atoms with van der Waals surface area (Å²) >= 11 is 3.12. The zero-order chi connectivity index (χ0) is 23.3. The lowest BCUT2D eigenvalue weighted by molar-refractivity contribution is -0.139. The van der Waals surface area contributed by atoms with E-state index < -0.39 is 23.4 Å². The molecule has 0 bridgehead atoms. The number of nitrogens with one attached hydrogen (secondary N) is 1. The van der Waals surface area contributed by atoms with E-state index in [-0.39, 0.29) is 12.6 Å². The van der Waals surface area contributed by atoms with Gasteiger partial charge in [0, 0.05) is 16.9 Å². The number of amides is 4. The second-order valence-electron chi connectivity index (χ2n) is 8.27. The van der Waals surface area contributed by atoms with Crippen LogP contribution in [0, 0.1) is 13.8 Å². The van der Waals surface area contributed by atoms with Crippen LogP contribution in [-0.4, -0.2) is 40.0 Å². The van der Waals surface area contributed by atoms with Crippen molar-refractivity contribution in [2.75, 3.05) is 6.54 Å². The molecule has 0 saturated carbocycles. The molecule has 0 aromatic carbocycles. The Morgan fingerprint density at radius 3 is 2.64 bits per heavy atom. The highest BCUT2D eigenvalue weighted by atomic mass is 32.1. The summed E-state index contributed by atoms with van der Waals surface area (Å²) in [7, 11) is 0. The summed E-state index contributed by atoms with van der Waals surface area (Å²) in [5, 5.41) is 12.7. The van der Waals surface area contributed by atoms with E-state index in [2.05, 4.69) is 10.4 Å². The fourth-order valence-corrected chi connectivity index (χ4v) is 5.93. The van der Waals surface area contributed by atoms with Gasteiger partial charge in [-0.15, -0.1) is 22.7 Å². The van der Waals surface area contributed by atoms with Gasteiger partial charge < -0.3 is 9.73 Å². The van der Waals surface area contributed by atoms with Crippen LogP contribution in [0.2, 0.25) is 0 Å². The third-order valence-electron chi connectivity index (χ3n) is 5.99. The molecule has 2 atom stereocenters. The minimum atomic E-state index is -1.29. The molecule has 5 heterocycles. The first-order valence-electron chi connectivity index (χ1n) is 10.5. The Bertz CT molecular complexity index is 1260. The lowest BCUT2D eigenvalue weighted by Gasteiger charge is -2.24. The van der Waals surface area contributed by atoms with Gasteiger partial charge in [0.2, 0.25) is 0 Å². The Morgan fingerprint density at radius 1 is 1.24 bits per heavy atom. The number of thiophene rings is 2. The molecule has 3 aromatic heterocycles. The van der Waals surface area contributed by atoms with E-state index in [0.29, 0.717) is 23.5 Å². The van der Waals surface area contributed by atoms with Crippen LogP contribution >= 0.6 is 22.7 Å². The van der Waals surface area contributed by atoms with Crippen molar-refractivity contribution >= 4 is 46.2 Å². The van der Waals surface area contributed by atoms with E-state index in [9.17, 15) is 14.4 Å². The van der Waals surface area contributed by atoms with Crippen LogP contribution in [0.3, 0.4) is 0 Å². The Morgan fingerprint density at radius 2 is 2.00 bits per heavy atom. The first kappa shape index (κ1) is 21.6. The quantitative estimate of drug-likeness (QED) is 0.553.